The van der Waals surface area contributed by atoms with Gasteiger partial charge in [0.2, 0.25) is 0 Å². The fourth-order valence-corrected chi connectivity index (χ4v) is 2.31. The molecule has 0 aromatic carbocycles. The van der Waals surface area contributed by atoms with Gasteiger partial charge in [0.05, 0.1) is 0 Å². The number of hydrogen-bond donors (Lipinski definition) is 1. The lowest BCUT2D eigenvalue weighted by atomic mass is 9.95. The van der Waals surface area contributed by atoms with Gasteiger partial charge in [0.15, 0.2) is 0 Å². The summed E-state index contributed by atoms with van der Waals surface area (Å²) in [5.41, 5.74) is 1.53. The molecule has 0 amide bonds. The van der Waals surface area contributed by atoms with E-state index in [0.717, 1.165) is 6.04 Å². The fourth-order valence-electron chi connectivity index (χ4n) is 2.31. The summed E-state index contributed by atoms with van der Waals surface area (Å²) in [5, 5.41) is 3.68. The van der Waals surface area contributed by atoms with Crippen molar-refractivity contribution in [3.05, 3.63) is 11.8 Å². The van der Waals surface area contributed by atoms with Crippen LogP contribution >= 0.6 is 0 Å². The summed E-state index contributed by atoms with van der Waals surface area (Å²) in [5.74, 6) is 0. The van der Waals surface area contributed by atoms with Crippen LogP contribution in [-0.4, -0.2) is 6.04 Å². The number of allylic oxidation sites excluding steroid dienone is 2. The van der Waals surface area contributed by atoms with E-state index in [-0.39, 0.29) is 0 Å². The average Bonchev–Trinajstić information content (AvgIpc) is 2.59. The molecule has 68 valence electrons. The minimum Gasteiger partial charge on any atom is -0.386 e. The van der Waals surface area contributed by atoms with Crippen LogP contribution in [0.3, 0.4) is 0 Å². The van der Waals surface area contributed by atoms with Crippen molar-refractivity contribution in [1.82, 2.24) is 5.32 Å². The van der Waals surface area contributed by atoms with Gasteiger partial charge in [-0.15, -0.1) is 0 Å². The van der Waals surface area contributed by atoms with E-state index in [4.69, 9.17) is 0 Å². The van der Waals surface area contributed by atoms with Crippen molar-refractivity contribution in [2.75, 3.05) is 0 Å². The molecule has 0 aromatic heterocycles. The smallest absolute Gasteiger partial charge is 0.0258 e. The first-order valence-electron chi connectivity index (χ1n) is 5.41. The van der Waals surface area contributed by atoms with Crippen molar-refractivity contribution in [3.8, 4) is 0 Å². The van der Waals surface area contributed by atoms with Crippen LogP contribution in [0.4, 0.5) is 0 Å². The summed E-state index contributed by atoms with van der Waals surface area (Å²) in [6.07, 6.45) is 13.5. The van der Waals surface area contributed by atoms with Gasteiger partial charge in [-0.2, -0.15) is 0 Å². The molecule has 1 fully saturated rings. The van der Waals surface area contributed by atoms with E-state index in [1.54, 1.807) is 0 Å². The van der Waals surface area contributed by atoms with E-state index >= 15 is 0 Å². The van der Waals surface area contributed by atoms with Gasteiger partial charge in [-0.1, -0.05) is 25.3 Å². The molecule has 0 bridgehead atoms. The van der Waals surface area contributed by atoms with Crippen LogP contribution in [0.1, 0.15) is 51.4 Å². The van der Waals surface area contributed by atoms with Crippen LogP contribution in [-0.2, 0) is 0 Å². The Bertz CT molecular complexity index is 166. The summed E-state index contributed by atoms with van der Waals surface area (Å²) in [7, 11) is 0. The largest absolute Gasteiger partial charge is 0.386 e. The van der Waals surface area contributed by atoms with E-state index in [2.05, 4.69) is 11.4 Å². The van der Waals surface area contributed by atoms with Crippen LogP contribution in [0.5, 0.6) is 0 Å². The van der Waals surface area contributed by atoms with Gasteiger partial charge in [-0.25, -0.2) is 0 Å². The zero-order chi connectivity index (χ0) is 8.23. The number of nitrogens with one attached hydrogen (secondary N) is 1. The molecule has 0 radical (unpaired) electrons. The molecule has 1 N–H and O–H groups in total. The molecule has 0 aromatic rings. The van der Waals surface area contributed by atoms with Crippen LogP contribution < -0.4 is 5.32 Å². The average molecular weight is 165 g/mol. The van der Waals surface area contributed by atoms with Gasteiger partial charge in [0.25, 0.3) is 0 Å². The van der Waals surface area contributed by atoms with Crippen LogP contribution in [0.25, 0.3) is 0 Å². The summed E-state index contributed by atoms with van der Waals surface area (Å²) in [4.78, 5) is 0. The maximum Gasteiger partial charge on any atom is 0.0258 e. The van der Waals surface area contributed by atoms with Crippen LogP contribution in [0, 0.1) is 0 Å². The Morgan fingerprint density at radius 2 is 1.92 bits per heavy atom. The molecular formula is C11H19N. The molecule has 0 aliphatic heterocycles. The van der Waals surface area contributed by atoms with Gasteiger partial charge in [-0.3, -0.25) is 0 Å². The van der Waals surface area contributed by atoms with Gasteiger partial charge in [-0.05, 0) is 32.1 Å². The second kappa shape index (κ2) is 3.97. The van der Waals surface area contributed by atoms with Crippen molar-refractivity contribution >= 4 is 0 Å². The Hall–Kier alpha value is -0.460. The topological polar surface area (TPSA) is 12.0 Å². The van der Waals surface area contributed by atoms with Gasteiger partial charge in [0, 0.05) is 11.7 Å². The predicted octanol–water partition coefficient (Wildman–Crippen LogP) is 2.98. The van der Waals surface area contributed by atoms with Crippen molar-refractivity contribution in [3.63, 3.8) is 0 Å². The lowest BCUT2D eigenvalue weighted by molar-refractivity contribution is 0.394. The normalized spacial score (nSPS) is 25.5. The Morgan fingerprint density at radius 3 is 2.58 bits per heavy atom. The molecule has 0 spiro atoms. The summed E-state index contributed by atoms with van der Waals surface area (Å²) in [6.45, 7) is 0. The first kappa shape index (κ1) is 8.15. The van der Waals surface area contributed by atoms with E-state index < -0.39 is 0 Å². The predicted molar refractivity (Wildman–Crippen MR) is 51.9 cm³/mol. The Labute approximate surface area is 75.2 Å². The number of hydrogen-bond acceptors (Lipinski definition) is 1. The summed E-state index contributed by atoms with van der Waals surface area (Å²) in [6, 6.07) is 0.808. The highest BCUT2D eigenvalue weighted by Crippen LogP contribution is 2.21. The standard InChI is InChI=1S/C11H19N/c1-2-6-10(7-3-1)12-11-8-4-5-9-11/h8,10,12H,1-7,9H2. The Kier molecular flexibility index (Phi) is 2.70. The first-order chi connectivity index (χ1) is 5.95. The SMILES string of the molecule is C1=C(NC2CCCCC2)CCC1. The monoisotopic (exact) mass is 165 g/mol. The molecule has 2 aliphatic carbocycles. The lowest BCUT2D eigenvalue weighted by Gasteiger charge is -2.24. The molecule has 0 saturated heterocycles. The van der Waals surface area contributed by atoms with Gasteiger partial charge >= 0.3 is 0 Å². The second-order valence-corrected chi connectivity index (χ2v) is 4.10. The van der Waals surface area contributed by atoms with E-state index in [9.17, 15) is 0 Å². The first-order valence-corrected chi connectivity index (χ1v) is 5.41. The molecule has 0 heterocycles. The number of rotatable bonds is 2. The molecule has 12 heavy (non-hydrogen) atoms. The van der Waals surface area contributed by atoms with E-state index in [1.165, 1.54) is 57.1 Å². The zero-order valence-electron chi connectivity index (χ0n) is 7.81. The zero-order valence-corrected chi connectivity index (χ0v) is 7.81. The minimum atomic E-state index is 0.808. The quantitative estimate of drug-likeness (QED) is 0.663. The maximum atomic E-state index is 3.68. The second-order valence-electron chi connectivity index (χ2n) is 4.10. The third-order valence-electron chi connectivity index (χ3n) is 3.04. The van der Waals surface area contributed by atoms with E-state index in [0.29, 0.717) is 0 Å². The van der Waals surface area contributed by atoms with E-state index in [1.807, 2.05) is 0 Å². The summed E-state index contributed by atoms with van der Waals surface area (Å²) < 4.78 is 0. The molecule has 2 aliphatic rings. The fraction of sp³-hybridized carbons (Fsp3) is 0.818. The minimum absolute atomic E-state index is 0.808. The van der Waals surface area contributed by atoms with Crippen LogP contribution in [0.2, 0.25) is 0 Å². The van der Waals surface area contributed by atoms with Crippen LogP contribution in [0.15, 0.2) is 11.8 Å². The molecular weight excluding hydrogens is 146 g/mol. The van der Waals surface area contributed by atoms with Crippen molar-refractivity contribution in [2.45, 2.75) is 57.4 Å². The molecule has 1 nitrogen and oxygen atoms in total. The Morgan fingerprint density at radius 1 is 1.08 bits per heavy atom. The van der Waals surface area contributed by atoms with Gasteiger partial charge in [0.1, 0.15) is 0 Å². The Balaban J connectivity index is 1.77. The van der Waals surface area contributed by atoms with Crippen molar-refractivity contribution in [1.29, 1.82) is 0 Å². The molecule has 0 unspecified atom stereocenters. The molecule has 1 heteroatoms. The highest BCUT2D eigenvalue weighted by atomic mass is 14.9. The lowest BCUT2D eigenvalue weighted by Crippen LogP contribution is -2.29. The third kappa shape index (κ3) is 2.02. The summed E-state index contributed by atoms with van der Waals surface area (Å²) >= 11 is 0. The maximum absolute atomic E-state index is 3.68. The molecule has 2 rings (SSSR count). The third-order valence-corrected chi connectivity index (χ3v) is 3.04. The van der Waals surface area contributed by atoms with Gasteiger partial charge < -0.3 is 5.32 Å². The van der Waals surface area contributed by atoms with Crippen molar-refractivity contribution < 1.29 is 0 Å². The molecule has 0 atom stereocenters. The van der Waals surface area contributed by atoms with Crippen molar-refractivity contribution in [2.24, 2.45) is 0 Å². The molecule has 1 saturated carbocycles. The highest BCUT2D eigenvalue weighted by molar-refractivity contribution is 5.06. The highest BCUT2D eigenvalue weighted by Gasteiger charge is 2.14.